The number of aliphatic hydroxyl groups is 2. The summed E-state index contributed by atoms with van der Waals surface area (Å²) in [7, 11) is -4.25. The molecule has 0 bridgehead atoms. The number of halogens is 2. The van der Waals surface area contributed by atoms with E-state index in [0.29, 0.717) is 14.7 Å². The van der Waals surface area contributed by atoms with Gasteiger partial charge >= 0.3 is 10.3 Å². The molecule has 0 amide bonds. The van der Waals surface area contributed by atoms with E-state index < -0.39 is 47.3 Å². The van der Waals surface area contributed by atoms with Crippen molar-refractivity contribution in [1.82, 2.24) is 19.5 Å². The van der Waals surface area contributed by atoms with Crippen LogP contribution in [0.4, 0.5) is 4.39 Å². The van der Waals surface area contributed by atoms with Crippen molar-refractivity contribution < 1.29 is 31.9 Å². The molecule has 1 aliphatic heterocycles. The summed E-state index contributed by atoms with van der Waals surface area (Å²) in [6.45, 7) is -0.585. The maximum absolute atomic E-state index is 13.6. The van der Waals surface area contributed by atoms with E-state index in [0.717, 1.165) is 0 Å². The number of rotatable bonds is 4. The van der Waals surface area contributed by atoms with Crippen molar-refractivity contribution in [3.63, 3.8) is 0 Å². The van der Waals surface area contributed by atoms with Crippen molar-refractivity contribution >= 4 is 44.1 Å². The summed E-state index contributed by atoms with van der Waals surface area (Å²) >= 11 is 1.98. The molecule has 1 aliphatic rings. The summed E-state index contributed by atoms with van der Waals surface area (Å²) in [5.74, 6) is 5.24. The molecule has 1 aromatic carbocycles. The first-order valence-electron chi connectivity index (χ1n) is 8.97. The molecular formula is C18H15FIN5O6S. The van der Waals surface area contributed by atoms with Crippen LogP contribution in [0, 0.1) is 21.2 Å². The Morgan fingerprint density at radius 1 is 1.22 bits per heavy atom. The highest BCUT2D eigenvalue weighted by Crippen LogP contribution is 2.31. The van der Waals surface area contributed by atoms with E-state index in [1.54, 1.807) is 6.07 Å². The van der Waals surface area contributed by atoms with Gasteiger partial charge in [0.05, 0.1) is 12.9 Å². The van der Waals surface area contributed by atoms with E-state index in [1.165, 1.54) is 29.4 Å². The molecule has 0 spiro atoms. The molecular weight excluding hydrogens is 560 g/mol. The maximum atomic E-state index is 13.6. The van der Waals surface area contributed by atoms with E-state index in [1.807, 2.05) is 22.6 Å². The van der Waals surface area contributed by atoms with Crippen molar-refractivity contribution in [3.8, 4) is 11.8 Å². The van der Waals surface area contributed by atoms with Crippen LogP contribution >= 0.6 is 22.6 Å². The number of aliphatic hydroxyl groups excluding tert-OH is 2. The van der Waals surface area contributed by atoms with Crippen molar-refractivity contribution in [2.45, 2.75) is 24.5 Å². The lowest BCUT2D eigenvalue weighted by atomic mass is 10.1. The van der Waals surface area contributed by atoms with Gasteiger partial charge in [0.25, 0.3) is 0 Å². The third-order valence-electron chi connectivity index (χ3n) is 4.55. The monoisotopic (exact) mass is 575 g/mol. The number of hydrogen-bond donors (Lipinski definition) is 3. The first kappa shape index (κ1) is 22.9. The fourth-order valence-electron chi connectivity index (χ4n) is 3.15. The highest BCUT2D eigenvalue weighted by Gasteiger charge is 2.44. The quantitative estimate of drug-likeness (QED) is 0.283. The Labute approximate surface area is 194 Å². The van der Waals surface area contributed by atoms with Gasteiger partial charge in [-0.05, 0) is 46.7 Å². The minimum absolute atomic E-state index is 0.252. The highest BCUT2D eigenvalue weighted by molar-refractivity contribution is 14.1. The minimum Gasteiger partial charge on any atom is -0.387 e. The van der Waals surface area contributed by atoms with Crippen molar-refractivity contribution in [2.75, 3.05) is 6.61 Å². The average Bonchev–Trinajstić information content (AvgIpc) is 3.25. The molecule has 3 heterocycles. The van der Waals surface area contributed by atoms with E-state index >= 15 is 0 Å². The SMILES string of the molecule is NS(=O)(=O)OC[C@H]1O[C@@H](n2cnc3c(C#Cc4cc(F)cc(I)c4)ncnc32)[C@H](O)[C@@H]1O. The molecule has 4 atom stereocenters. The zero-order valence-electron chi connectivity index (χ0n) is 16.0. The molecule has 4 N–H and O–H groups in total. The van der Waals surface area contributed by atoms with Gasteiger partial charge < -0.3 is 14.9 Å². The van der Waals surface area contributed by atoms with E-state index in [2.05, 4.69) is 31.0 Å². The molecule has 2 aromatic heterocycles. The zero-order valence-corrected chi connectivity index (χ0v) is 18.9. The maximum Gasteiger partial charge on any atom is 0.333 e. The van der Waals surface area contributed by atoms with Gasteiger partial charge in [0.15, 0.2) is 11.9 Å². The Bertz CT molecular complexity index is 1320. The summed E-state index contributed by atoms with van der Waals surface area (Å²) in [6.07, 6.45) is -2.62. The predicted molar refractivity (Wildman–Crippen MR) is 115 cm³/mol. The molecule has 11 nitrogen and oxygen atoms in total. The van der Waals surface area contributed by atoms with Crippen LogP contribution in [-0.4, -0.2) is 63.1 Å². The molecule has 168 valence electrons. The van der Waals surface area contributed by atoms with Gasteiger partial charge in [-0.15, -0.1) is 0 Å². The summed E-state index contributed by atoms with van der Waals surface area (Å²) in [6, 6.07) is 4.38. The Balaban J connectivity index is 1.63. The smallest absolute Gasteiger partial charge is 0.333 e. The van der Waals surface area contributed by atoms with Gasteiger partial charge in [0, 0.05) is 9.13 Å². The summed E-state index contributed by atoms with van der Waals surface area (Å²) in [5, 5.41) is 25.4. The normalized spacial score (nSPS) is 23.3. The third kappa shape index (κ3) is 4.88. The topological polar surface area (TPSA) is 163 Å². The van der Waals surface area contributed by atoms with Crippen molar-refractivity contribution in [1.29, 1.82) is 0 Å². The van der Waals surface area contributed by atoms with Crippen LogP contribution in [0.25, 0.3) is 11.2 Å². The standard InChI is InChI=1S/C18H15FIN5O6S/c19-10-3-9(4-11(20)5-10)1-2-12-14-17(23-7-22-12)25(8-24-14)18-16(27)15(26)13(31-18)6-30-32(21,28)29/h3-5,7-8,13,15-16,18,26-27H,6H2,(H2,21,28,29)/t13-,15-,16-,18-/m1/s1. The van der Waals surface area contributed by atoms with Gasteiger partial charge in [0.2, 0.25) is 0 Å². The largest absolute Gasteiger partial charge is 0.387 e. The van der Waals surface area contributed by atoms with Gasteiger partial charge in [0.1, 0.15) is 41.7 Å². The Kier molecular flexibility index (Phi) is 6.40. The summed E-state index contributed by atoms with van der Waals surface area (Å²) in [5.41, 5.74) is 1.26. The number of hydrogen-bond acceptors (Lipinski definition) is 9. The molecule has 3 aromatic rings. The summed E-state index contributed by atoms with van der Waals surface area (Å²) in [4.78, 5) is 12.5. The predicted octanol–water partition coefficient (Wildman–Crippen LogP) is -0.191. The van der Waals surface area contributed by atoms with Crippen LogP contribution in [0.15, 0.2) is 30.9 Å². The number of nitrogens with zero attached hydrogens (tertiary/aromatic N) is 4. The molecule has 0 radical (unpaired) electrons. The lowest BCUT2D eigenvalue weighted by Gasteiger charge is -2.16. The number of aromatic nitrogens is 4. The second kappa shape index (κ2) is 8.94. The molecule has 4 rings (SSSR count). The highest BCUT2D eigenvalue weighted by atomic mass is 127. The second-order valence-electron chi connectivity index (χ2n) is 6.78. The van der Waals surface area contributed by atoms with Crippen LogP contribution in [0.3, 0.4) is 0 Å². The first-order chi connectivity index (χ1) is 15.1. The summed E-state index contributed by atoms with van der Waals surface area (Å²) < 4.78 is 47.6. The molecule has 1 saturated heterocycles. The first-order valence-corrected chi connectivity index (χ1v) is 11.5. The van der Waals surface area contributed by atoms with Crippen LogP contribution in [-0.2, 0) is 19.2 Å². The van der Waals surface area contributed by atoms with E-state index in [4.69, 9.17) is 9.88 Å². The number of benzene rings is 1. The van der Waals surface area contributed by atoms with Crippen molar-refractivity contribution in [3.05, 3.63) is 51.5 Å². The molecule has 0 unspecified atom stereocenters. The second-order valence-corrected chi connectivity index (χ2v) is 9.24. The lowest BCUT2D eigenvalue weighted by molar-refractivity contribution is -0.0467. The molecule has 14 heteroatoms. The van der Waals surface area contributed by atoms with Gasteiger partial charge in [-0.2, -0.15) is 8.42 Å². The number of ether oxygens (including phenoxy) is 1. The Morgan fingerprint density at radius 3 is 2.72 bits per heavy atom. The van der Waals surface area contributed by atoms with Gasteiger partial charge in [-0.3, -0.25) is 8.75 Å². The average molecular weight is 575 g/mol. The van der Waals surface area contributed by atoms with Crippen LogP contribution in [0.2, 0.25) is 0 Å². The van der Waals surface area contributed by atoms with E-state index in [-0.39, 0.29) is 11.3 Å². The number of nitrogens with two attached hydrogens (primary N) is 1. The number of imidazole rings is 1. The van der Waals surface area contributed by atoms with E-state index in [9.17, 15) is 23.0 Å². The van der Waals surface area contributed by atoms with Crippen LogP contribution in [0.5, 0.6) is 0 Å². The fourth-order valence-corrected chi connectivity index (χ4v) is 4.10. The van der Waals surface area contributed by atoms with Crippen molar-refractivity contribution in [2.24, 2.45) is 5.14 Å². The number of fused-ring (bicyclic) bond motifs is 1. The molecule has 0 saturated carbocycles. The fraction of sp³-hybridized carbons (Fsp3) is 0.278. The molecule has 32 heavy (non-hydrogen) atoms. The Hall–Kier alpha value is -2.26. The molecule has 0 aliphatic carbocycles. The zero-order chi connectivity index (χ0) is 23.0. The van der Waals surface area contributed by atoms with Gasteiger partial charge in [-0.25, -0.2) is 24.5 Å². The third-order valence-corrected chi connectivity index (χ3v) is 5.64. The minimum atomic E-state index is -4.25. The lowest BCUT2D eigenvalue weighted by Crippen LogP contribution is -2.35. The van der Waals surface area contributed by atoms with Crippen LogP contribution in [0.1, 0.15) is 17.5 Å². The van der Waals surface area contributed by atoms with Crippen LogP contribution < -0.4 is 5.14 Å². The molecule has 1 fully saturated rings. The van der Waals surface area contributed by atoms with Gasteiger partial charge in [-0.1, -0.05) is 5.92 Å². The Morgan fingerprint density at radius 2 is 2.00 bits per heavy atom.